The number of nitrogens with zero attached hydrogens (tertiary/aromatic N) is 2. The van der Waals surface area contributed by atoms with Crippen LogP contribution in [-0.2, 0) is 10.9 Å². The molecule has 0 saturated carbocycles. The molecular formula is C15H16F4N4O. The average molecular weight is 344 g/mol. The second-order valence-electron chi connectivity index (χ2n) is 5.53. The third kappa shape index (κ3) is 3.90. The summed E-state index contributed by atoms with van der Waals surface area (Å²) in [5.41, 5.74) is -0.547. The van der Waals surface area contributed by atoms with Crippen LogP contribution in [0.25, 0.3) is 0 Å². The number of hydrogen-bond donors (Lipinski definition) is 2. The minimum Gasteiger partial charge on any atom is -0.375 e. The maximum Gasteiger partial charge on any atom is 0.419 e. The zero-order valence-electron chi connectivity index (χ0n) is 12.6. The Kier molecular flexibility index (Phi) is 4.81. The summed E-state index contributed by atoms with van der Waals surface area (Å²) in [6.07, 6.45) is 0.0488. The maximum absolute atomic E-state index is 14.3. The molecule has 2 heterocycles. The topological polar surface area (TPSA) is 59.1 Å². The van der Waals surface area contributed by atoms with Crippen LogP contribution in [0.15, 0.2) is 36.3 Å². The molecular weight excluding hydrogens is 328 g/mol. The van der Waals surface area contributed by atoms with E-state index >= 15 is 0 Å². The normalized spacial score (nSPS) is 27.7. The van der Waals surface area contributed by atoms with Crippen molar-refractivity contribution in [2.75, 3.05) is 25.0 Å². The summed E-state index contributed by atoms with van der Waals surface area (Å²) in [6.45, 7) is 1.86. The molecule has 0 radical (unpaired) electrons. The maximum atomic E-state index is 14.3. The lowest BCUT2D eigenvalue weighted by molar-refractivity contribution is -0.138. The molecule has 0 bridgehead atoms. The number of rotatable bonds is 3. The van der Waals surface area contributed by atoms with E-state index in [1.165, 1.54) is 6.08 Å². The minimum atomic E-state index is -4.49. The van der Waals surface area contributed by atoms with Crippen LogP contribution in [0.5, 0.6) is 0 Å². The van der Waals surface area contributed by atoms with E-state index < -0.39 is 23.8 Å². The van der Waals surface area contributed by atoms with Gasteiger partial charge in [-0.15, -0.1) is 0 Å². The van der Waals surface area contributed by atoms with Crippen molar-refractivity contribution in [1.82, 2.24) is 15.3 Å². The number of alkyl halides is 4. The first-order valence-corrected chi connectivity index (χ1v) is 7.46. The van der Waals surface area contributed by atoms with Crippen LogP contribution in [0.3, 0.4) is 0 Å². The summed E-state index contributed by atoms with van der Waals surface area (Å²) in [6, 6.07) is 0. The molecule has 5 nitrogen and oxygen atoms in total. The van der Waals surface area contributed by atoms with Gasteiger partial charge in [-0.2, -0.15) is 13.2 Å². The van der Waals surface area contributed by atoms with E-state index in [4.69, 9.17) is 4.74 Å². The summed E-state index contributed by atoms with van der Waals surface area (Å²) >= 11 is 0. The third-order valence-corrected chi connectivity index (χ3v) is 3.83. The predicted molar refractivity (Wildman–Crippen MR) is 78.9 cm³/mol. The molecule has 2 N–H and O–H groups in total. The number of nitrogens with one attached hydrogen (secondary N) is 2. The van der Waals surface area contributed by atoms with Crippen LogP contribution >= 0.6 is 0 Å². The Morgan fingerprint density at radius 3 is 2.58 bits per heavy atom. The summed E-state index contributed by atoms with van der Waals surface area (Å²) in [5, 5.41) is 5.85. The van der Waals surface area contributed by atoms with E-state index in [1.807, 2.05) is 0 Å². The van der Waals surface area contributed by atoms with Gasteiger partial charge in [-0.1, -0.05) is 6.08 Å². The van der Waals surface area contributed by atoms with Gasteiger partial charge < -0.3 is 15.4 Å². The van der Waals surface area contributed by atoms with Gasteiger partial charge in [0.15, 0.2) is 0 Å². The molecule has 3 atom stereocenters. The molecule has 1 fully saturated rings. The Morgan fingerprint density at radius 2 is 2.00 bits per heavy atom. The molecule has 130 valence electrons. The fourth-order valence-corrected chi connectivity index (χ4v) is 2.57. The number of anilines is 1. The van der Waals surface area contributed by atoms with Crippen molar-refractivity contribution >= 4 is 5.95 Å². The molecule has 0 amide bonds. The van der Waals surface area contributed by atoms with Crippen molar-refractivity contribution in [2.45, 2.75) is 18.5 Å². The first-order valence-electron chi connectivity index (χ1n) is 7.46. The lowest BCUT2D eigenvalue weighted by Crippen LogP contribution is -2.45. The largest absolute Gasteiger partial charge is 0.419 e. The zero-order chi connectivity index (χ0) is 17.2. The average Bonchev–Trinajstić information content (AvgIpc) is 2.55. The van der Waals surface area contributed by atoms with Crippen LogP contribution in [0.2, 0.25) is 0 Å². The van der Waals surface area contributed by atoms with E-state index in [0.717, 1.165) is 6.54 Å². The molecule has 1 aromatic heterocycles. The van der Waals surface area contributed by atoms with Crippen LogP contribution in [0, 0.1) is 5.92 Å². The Balaban J connectivity index is 1.63. The highest BCUT2D eigenvalue weighted by Gasteiger charge is 2.32. The molecule has 1 saturated heterocycles. The van der Waals surface area contributed by atoms with Crippen LogP contribution < -0.4 is 10.6 Å². The molecule has 0 aromatic carbocycles. The van der Waals surface area contributed by atoms with Crippen molar-refractivity contribution in [3.63, 3.8) is 0 Å². The van der Waals surface area contributed by atoms with Crippen LogP contribution in [0.1, 0.15) is 5.56 Å². The van der Waals surface area contributed by atoms with Crippen molar-refractivity contribution in [1.29, 1.82) is 0 Å². The van der Waals surface area contributed by atoms with E-state index in [1.54, 1.807) is 12.2 Å². The standard InChI is InChI=1S/C15H16F4N4O/c16-12-5-10(1-2-11(12)13-8-20-3-4-24-13)23-14-21-6-9(7-22-14)15(17,18)19/h1-2,5-7,11-13,20H,3-4,8H2,(H,21,22,23)/t11?,12?,13-/m1/s1. The van der Waals surface area contributed by atoms with Gasteiger partial charge in [0.25, 0.3) is 0 Å². The fourth-order valence-electron chi connectivity index (χ4n) is 2.57. The highest BCUT2D eigenvalue weighted by Crippen LogP contribution is 2.29. The van der Waals surface area contributed by atoms with E-state index in [0.29, 0.717) is 31.2 Å². The van der Waals surface area contributed by atoms with Crippen molar-refractivity contribution in [2.24, 2.45) is 5.92 Å². The van der Waals surface area contributed by atoms with Gasteiger partial charge in [-0.25, -0.2) is 14.4 Å². The van der Waals surface area contributed by atoms with Crippen LogP contribution in [0.4, 0.5) is 23.5 Å². The summed E-state index contributed by atoms with van der Waals surface area (Å²) in [4.78, 5) is 7.20. The predicted octanol–water partition coefficient (Wildman–Crippen LogP) is 2.30. The number of halogens is 4. The van der Waals surface area contributed by atoms with Crippen molar-refractivity contribution in [3.8, 4) is 0 Å². The number of hydrogen-bond acceptors (Lipinski definition) is 5. The number of allylic oxidation sites excluding steroid dienone is 2. The van der Waals surface area contributed by atoms with Gasteiger partial charge in [0.05, 0.1) is 18.3 Å². The molecule has 2 aliphatic rings. The smallest absolute Gasteiger partial charge is 0.375 e. The van der Waals surface area contributed by atoms with Gasteiger partial charge in [-0.05, 0) is 12.2 Å². The molecule has 1 aromatic rings. The van der Waals surface area contributed by atoms with Gasteiger partial charge in [0.1, 0.15) is 6.17 Å². The monoisotopic (exact) mass is 344 g/mol. The SMILES string of the molecule is FC1C=C(Nc2ncc(C(F)(F)F)cn2)C=CC1[C@H]1CNCCO1. The Labute approximate surface area is 135 Å². The summed E-state index contributed by atoms with van der Waals surface area (Å²) in [5.74, 6) is -0.433. The highest BCUT2D eigenvalue weighted by atomic mass is 19.4. The van der Waals surface area contributed by atoms with Crippen molar-refractivity contribution in [3.05, 3.63) is 41.9 Å². The molecule has 1 aliphatic heterocycles. The van der Waals surface area contributed by atoms with Crippen LogP contribution in [-0.4, -0.2) is 41.9 Å². The summed E-state index contributed by atoms with van der Waals surface area (Å²) < 4.78 is 57.3. The molecule has 3 rings (SSSR count). The number of ether oxygens (including phenoxy) is 1. The fraction of sp³-hybridized carbons (Fsp3) is 0.467. The highest BCUT2D eigenvalue weighted by molar-refractivity contribution is 5.42. The number of morpholine rings is 1. The molecule has 24 heavy (non-hydrogen) atoms. The van der Waals surface area contributed by atoms with Gasteiger partial charge in [0.2, 0.25) is 5.95 Å². The first kappa shape index (κ1) is 16.8. The molecule has 1 aliphatic carbocycles. The lowest BCUT2D eigenvalue weighted by Gasteiger charge is -2.32. The Bertz CT molecular complexity index is 623. The second kappa shape index (κ2) is 6.86. The van der Waals surface area contributed by atoms with Gasteiger partial charge >= 0.3 is 6.18 Å². The van der Waals surface area contributed by atoms with E-state index in [-0.39, 0.29) is 12.1 Å². The number of aromatic nitrogens is 2. The van der Waals surface area contributed by atoms with E-state index in [2.05, 4.69) is 20.6 Å². The van der Waals surface area contributed by atoms with Crippen molar-refractivity contribution < 1.29 is 22.3 Å². The lowest BCUT2D eigenvalue weighted by atomic mass is 9.91. The van der Waals surface area contributed by atoms with Gasteiger partial charge in [-0.3, -0.25) is 0 Å². The second-order valence-corrected chi connectivity index (χ2v) is 5.53. The molecule has 0 spiro atoms. The third-order valence-electron chi connectivity index (χ3n) is 3.83. The quantitative estimate of drug-likeness (QED) is 0.824. The Hall–Kier alpha value is -2.00. The Morgan fingerprint density at radius 1 is 1.25 bits per heavy atom. The van der Waals surface area contributed by atoms with E-state index in [9.17, 15) is 17.6 Å². The first-order chi connectivity index (χ1) is 11.4. The zero-order valence-corrected chi connectivity index (χ0v) is 12.6. The minimum absolute atomic E-state index is 0.0277. The van der Waals surface area contributed by atoms with Gasteiger partial charge in [0, 0.05) is 37.1 Å². The summed E-state index contributed by atoms with van der Waals surface area (Å²) in [7, 11) is 0. The molecule has 9 heteroatoms. The molecule has 2 unspecified atom stereocenters.